The predicted octanol–water partition coefficient (Wildman–Crippen LogP) is 1.76. The number of amides is 1. The molecule has 1 aromatic heterocycles. The standard InChI is InChI=1S/C19H27N5O/c1-14-7-3-4-8-16(14)10-11-20-19(25)15(2)21-13-18-23-22-17-9-5-6-12-24(17)18/h3-4,7-8,15,21H,5-6,9-13H2,1-2H3,(H,20,25)/t15-/m0/s1. The molecule has 6 heteroatoms. The molecule has 3 rings (SSSR count). The maximum Gasteiger partial charge on any atom is 0.236 e. The third-order valence-electron chi connectivity index (χ3n) is 4.85. The summed E-state index contributed by atoms with van der Waals surface area (Å²) < 4.78 is 2.18. The topological polar surface area (TPSA) is 71.8 Å². The molecule has 2 heterocycles. The summed E-state index contributed by atoms with van der Waals surface area (Å²) >= 11 is 0. The van der Waals surface area contributed by atoms with Crippen LogP contribution in [0.15, 0.2) is 24.3 Å². The number of fused-ring (bicyclic) bond motifs is 1. The van der Waals surface area contributed by atoms with Gasteiger partial charge in [-0.2, -0.15) is 0 Å². The number of hydrogen-bond acceptors (Lipinski definition) is 4. The number of carbonyl (C=O) groups excluding carboxylic acids is 1. The fourth-order valence-corrected chi connectivity index (χ4v) is 3.20. The Kier molecular flexibility index (Phi) is 5.81. The van der Waals surface area contributed by atoms with Gasteiger partial charge in [0, 0.05) is 19.5 Å². The third kappa shape index (κ3) is 4.45. The maximum absolute atomic E-state index is 12.2. The molecule has 0 aliphatic carbocycles. The van der Waals surface area contributed by atoms with E-state index in [4.69, 9.17) is 0 Å². The third-order valence-corrected chi connectivity index (χ3v) is 4.85. The minimum Gasteiger partial charge on any atom is -0.354 e. The second-order valence-corrected chi connectivity index (χ2v) is 6.71. The normalized spacial score (nSPS) is 14.8. The van der Waals surface area contributed by atoms with Gasteiger partial charge in [-0.1, -0.05) is 24.3 Å². The Morgan fingerprint density at radius 1 is 1.28 bits per heavy atom. The monoisotopic (exact) mass is 341 g/mol. The summed E-state index contributed by atoms with van der Waals surface area (Å²) in [6, 6.07) is 8.02. The van der Waals surface area contributed by atoms with Crippen LogP contribution >= 0.6 is 0 Å². The molecule has 1 atom stereocenters. The first-order valence-electron chi connectivity index (χ1n) is 9.11. The summed E-state index contributed by atoms with van der Waals surface area (Å²) in [5, 5.41) is 14.8. The molecule has 0 spiro atoms. The van der Waals surface area contributed by atoms with E-state index in [1.807, 2.05) is 19.1 Å². The van der Waals surface area contributed by atoms with E-state index in [1.54, 1.807) is 0 Å². The molecule has 0 saturated carbocycles. The summed E-state index contributed by atoms with van der Waals surface area (Å²) in [5.41, 5.74) is 2.54. The molecule has 0 unspecified atom stereocenters. The van der Waals surface area contributed by atoms with E-state index in [0.717, 1.165) is 31.0 Å². The smallest absolute Gasteiger partial charge is 0.236 e. The Bertz CT molecular complexity index is 724. The lowest BCUT2D eigenvalue weighted by Gasteiger charge is -2.17. The summed E-state index contributed by atoms with van der Waals surface area (Å²) in [5.74, 6) is 2.01. The molecule has 0 radical (unpaired) electrons. The minimum atomic E-state index is -0.256. The molecule has 134 valence electrons. The number of rotatable bonds is 7. The van der Waals surface area contributed by atoms with Crippen LogP contribution in [0.4, 0.5) is 0 Å². The largest absolute Gasteiger partial charge is 0.354 e. The van der Waals surface area contributed by atoms with Crippen molar-refractivity contribution in [2.24, 2.45) is 0 Å². The van der Waals surface area contributed by atoms with Crippen molar-refractivity contribution in [3.05, 3.63) is 47.0 Å². The van der Waals surface area contributed by atoms with Crippen molar-refractivity contribution < 1.29 is 4.79 Å². The average Bonchev–Trinajstić information content (AvgIpc) is 3.04. The van der Waals surface area contributed by atoms with Gasteiger partial charge < -0.3 is 9.88 Å². The van der Waals surface area contributed by atoms with Gasteiger partial charge in [0.05, 0.1) is 12.6 Å². The van der Waals surface area contributed by atoms with Gasteiger partial charge >= 0.3 is 0 Å². The molecule has 2 N–H and O–H groups in total. The number of nitrogens with zero attached hydrogens (tertiary/aromatic N) is 3. The highest BCUT2D eigenvalue weighted by Gasteiger charge is 2.17. The van der Waals surface area contributed by atoms with Crippen molar-refractivity contribution in [3.8, 4) is 0 Å². The first-order valence-corrected chi connectivity index (χ1v) is 9.11. The molecule has 0 bridgehead atoms. The molecule has 1 aromatic carbocycles. The molecule has 25 heavy (non-hydrogen) atoms. The fraction of sp³-hybridized carbons (Fsp3) is 0.526. The number of hydrogen-bond donors (Lipinski definition) is 2. The van der Waals surface area contributed by atoms with Crippen LogP contribution in [0.3, 0.4) is 0 Å². The van der Waals surface area contributed by atoms with Crippen molar-refractivity contribution in [2.45, 2.75) is 58.7 Å². The SMILES string of the molecule is Cc1ccccc1CCNC(=O)[C@H](C)NCc1nnc2n1CCCC2. The molecule has 1 amide bonds. The number of carbonyl (C=O) groups is 1. The molecule has 1 aliphatic rings. The van der Waals surface area contributed by atoms with Crippen LogP contribution in [0.5, 0.6) is 0 Å². The molecule has 2 aromatic rings. The summed E-state index contributed by atoms with van der Waals surface area (Å²) in [6.07, 6.45) is 4.21. The lowest BCUT2D eigenvalue weighted by Crippen LogP contribution is -2.42. The quantitative estimate of drug-likeness (QED) is 0.805. The number of aromatic nitrogens is 3. The Morgan fingerprint density at radius 2 is 2.12 bits per heavy atom. The summed E-state index contributed by atoms with van der Waals surface area (Å²) in [4.78, 5) is 12.2. The van der Waals surface area contributed by atoms with E-state index in [9.17, 15) is 4.79 Å². The minimum absolute atomic E-state index is 0.0203. The van der Waals surface area contributed by atoms with Crippen LogP contribution in [0.1, 0.15) is 42.5 Å². The molecular weight excluding hydrogens is 314 g/mol. The molecular formula is C19H27N5O. The molecule has 0 fully saturated rings. The highest BCUT2D eigenvalue weighted by atomic mass is 16.2. The van der Waals surface area contributed by atoms with Crippen LogP contribution in [-0.4, -0.2) is 33.3 Å². The highest BCUT2D eigenvalue weighted by Crippen LogP contribution is 2.14. The molecule has 6 nitrogen and oxygen atoms in total. The maximum atomic E-state index is 12.2. The van der Waals surface area contributed by atoms with Gasteiger partial charge in [0.2, 0.25) is 5.91 Å². The Hall–Kier alpha value is -2.21. The van der Waals surface area contributed by atoms with E-state index in [-0.39, 0.29) is 11.9 Å². The lowest BCUT2D eigenvalue weighted by molar-refractivity contribution is -0.122. The van der Waals surface area contributed by atoms with E-state index >= 15 is 0 Å². The zero-order chi connectivity index (χ0) is 17.6. The van der Waals surface area contributed by atoms with Crippen molar-refractivity contribution >= 4 is 5.91 Å². The molecule has 1 aliphatic heterocycles. The van der Waals surface area contributed by atoms with Crippen molar-refractivity contribution in [3.63, 3.8) is 0 Å². The zero-order valence-corrected chi connectivity index (χ0v) is 15.1. The second-order valence-electron chi connectivity index (χ2n) is 6.71. The number of benzene rings is 1. The van der Waals surface area contributed by atoms with Crippen molar-refractivity contribution in [1.29, 1.82) is 0 Å². The van der Waals surface area contributed by atoms with Gasteiger partial charge in [-0.3, -0.25) is 10.1 Å². The Labute approximate surface area is 149 Å². The Balaban J connectivity index is 1.43. The van der Waals surface area contributed by atoms with Crippen LogP contribution in [0, 0.1) is 6.92 Å². The number of nitrogens with one attached hydrogen (secondary N) is 2. The predicted molar refractivity (Wildman–Crippen MR) is 97.2 cm³/mol. The highest BCUT2D eigenvalue weighted by molar-refractivity contribution is 5.81. The zero-order valence-electron chi connectivity index (χ0n) is 15.1. The molecule has 0 saturated heterocycles. The first kappa shape index (κ1) is 17.6. The average molecular weight is 341 g/mol. The van der Waals surface area contributed by atoms with Gasteiger partial charge in [0.15, 0.2) is 0 Å². The van der Waals surface area contributed by atoms with Gasteiger partial charge in [0.1, 0.15) is 11.6 Å². The fourth-order valence-electron chi connectivity index (χ4n) is 3.20. The van der Waals surface area contributed by atoms with Gasteiger partial charge in [-0.15, -0.1) is 10.2 Å². The van der Waals surface area contributed by atoms with Crippen molar-refractivity contribution in [1.82, 2.24) is 25.4 Å². The van der Waals surface area contributed by atoms with Gasteiger partial charge in [-0.05, 0) is 44.2 Å². The first-order chi connectivity index (χ1) is 12.1. The van der Waals surface area contributed by atoms with E-state index in [0.29, 0.717) is 13.1 Å². The second kappa shape index (κ2) is 8.25. The van der Waals surface area contributed by atoms with Crippen LogP contribution in [0.2, 0.25) is 0 Å². The number of aryl methyl sites for hydroxylation is 2. The van der Waals surface area contributed by atoms with Crippen LogP contribution in [-0.2, 0) is 30.7 Å². The summed E-state index contributed by atoms with van der Waals surface area (Å²) in [6.45, 7) is 6.18. The Morgan fingerprint density at radius 3 is 2.96 bits per heavy atom. The van der Waals surface area contributed by atoms with E-state index < -0.39 is 0 Å². The van der Waals surface area contributed by atoms with Crippen LogP contribution in [0.25, 0.3) is 0 Å². The van der Waals surface area contributed by atoms with Crippen molar-refractivity contribution in [2.75, 3.05) is 6.54 Å². The van der Waals surface area contributed by atoms with Gasteiger partial charge in [0.25, 0.3) is 0 Å². The van der Waals surface area contributed by atoms with Crippen LogP contribution < -0.4 is 10.6 Å². The van der Waals surface area contributed by atoms with Gasteiger partial charge in [-0.25, -0.2) is 0 Å². The van der Waals surface area contributed by atoms with E-state index in [2.05, 4.69) is 44.5 Å². The summed E-state index contributed by atoms with van der Waals surface area (Å²) in [7, 11) is 0. The van der Waals surface area contributed by atoms with E-state index in [1.165, 1.54) is 24.0 Å². The lowest BCUT2D eigenvalue weighted by atomic mass is 10.1.